The molecule has 0 saturated heterocycles. The summed E-state index contributed by atoms with van der Waals surface area (Å²) in [5, 5.41) is 3.59. The Balaban J connectivity index is 1.96. The Hall–Kier alpha value is -2.30. The minimum atomic E-state index is -0.139. The summed E-state index contributed by atoms with van der Waals surface area (Å²) in [6, 6.07) is 15.3. The van der Waals surface area contributed by atoms with Crippen molar-refractivity contribution in [1.29, 1.82) is 0 Å². The van der Waals surface area contributed by atoms with E-state index in [0.717, 1.165) is 16.9 Å². The second kappa shape index (κ2) is 9.25. The Morgan fingerprint density at radius 2 is 1.96 bits per heavy atom. The highest BCUT2D eigenvalue weighted by molar-refractivity contribution is 6.30. The average Bonchev–Trinajstić information content (AvgIpc) is 2.60. The third-order valence-corrected chi connectivity index (χ3v) is 4.10. The summed E-state index contributed by atoms with van der Waals surface area (Å²) in [5.41, 5.74) is 2.01. The van der Waals surface area contributed by atoms with Crippen LogP contribution in [0.1, 0.15) is 17.2 Å². The first kappa shape index (κ1) is 19.0. The summed E-state index contributed by atoms with van der Waals surface area (Å²) in [7, 11) is 5.62. The van der Waals surface area contributed by atoms with Gasteiger partial charge in [0.25, 0.3) is 0 Å². The lowest BCUT2D eigenvalue weighted by Gasteiger charge is -2.25. The highest BCUT2D eigenvalue weighted by atomic mass is 35.5. The Bertz CT molecular complexity index is 727. The van der Waals surface area contributed by atoms with Crippen molar-refractivity contribution in [1.82, 2.24) is 10.2 Å². The molecule has 0 heterocycles. The van der Waals surface area contributed by atoms with Gasteiger partial charge in [-0.15, -0.1) is 0 Å². The van der Waals surface area contributed by atoms with Crippen molar-refractivity contribution in [3.05, 3.63) is 70.8 Å². The van der Waals surface area contributed by atoms with Crippen LogP contribution >= 0.6 is 11.6 Å². The molecule has 0 radical (unpaired) electrons. The number of likely N-dealkylation sites (N-methyl/N-ethyl adjacent to an activating group) is 1. The van der Waals surface area contributed by atoms with Crippen molar-refractivity contribution in [2.75, 3.05) is 27.7 Å². The summed E-state index contributed by atoms with van der Waals surface area (Å²) in [5.74, 6) is 0.676. The van der Waals surface area contributed by atoms with Gasteiger partial charge in [0, 0.05) is 17.6 Å². The van der Waals surface area contributed by atoms with E-state index in [1.54, 1.807) is 19.3 Å². The van der Waals surface area contributed by atoms with Crippen LogP contribution in [0.2, 0.25) is 5.02 Å². The molecule has 0 aliphatic heterocycles. The summed E-state index contributed by atoms with van der Waals surface area (Å²) in [6.45, 7) is 0.512. The van der Waals surface area contributed by atoms with Gasteiger partial charge in [-0.05, 0) is 55.6 Å². The lowest BCUT2D eigenvalue weighted by molar-refractivity contribution is -0.116. The molecule has 25 heavy (non-hydrogen) atoms. The van der Waals surface area contributed by atoms with E-state index in [4.69, 9.17) is 16.3 Å². The van der Waals surface area contributed by atoms with Crippen molar-refractivity contribution in [2.45, 2.75) is 6.04 Å². The maximum atomic E-state index is 12.1. The first-order valence-electron chi connectivity index (χ1n) is 8.01. The SMILES string of the molecule is COc1ccc(C(CNC(=O)/C=C/c2cccc(Cl)c2)N(C)C)cc1. The van der Waals surface area contributed by atoms with Crippen LogP contribution in [-0.4, -0.2) is 38.6 Å². The van der Waals surface area contributed by atoms with Crippen LogP contribution in [0, 0.1) is 0 Å². The molecule has 2 rings (SSSR count). The summed E-state index contributed by atoms with van der Waals surface area (Å²) in [6.07, 6.45) is 3.27. The number of ether oxygens (including phenoxy) is 1. The van der Waals surface area contributed by atoms with Crippen molar-refractivity contribution < 1.29 is 9.53 Å². The number of rotatable bonds is 7. The molecule has 4 nitrogen and oxygen atoms in total. The van der Waals surface area contributed by atoms with Gasteiger partial charge >= 0.3 is 0 Å². The lowest BCUT2D eigenvalue weighted by Crippen LogP contribution is -2.33. The highest BCUT2D eigenvalue weighted by Gasteiger charge is 2.14. The molecule has 0 bridgehead atoms. The number of methoxy groups -OCH3 is 1. The van der Waals surface area contributed by atoms with Crippen LogP contribution in [-0.2, 0) is 4.79 Å². The second-order valence-electron chi connectivity index (χ2n) is 5.89. The van der Waals surface area contributed by atoms with Crippen LogP contribution < -0.4 is 10.1 Å². The molecule has 0 fully saturated rings. The molecule has 5 heteroatoms. The summed E-state index contributed by atoms with van der Waals surface area (Å²) in [4.78, 5) is 14.2. The van der Waals surface area contributed by atoms with Gasteiger partial charge in [0.05, 0.1) is 13.2 Å². The quantitative estimate of drug-likeness (QED) is 0.766. The normalized spacial score (nSPS) is 12.4. The predicted molar refractivity (Wildman–Crippen MR) is 103 cm³/mol. The number of hydrogen-bond donors (Lipinski definition) is 1. The number of halogens is 1. The molecule has 1 amide bonds. The van der Waals surface area contributed by atoms with Crippen LogP contribution in [0.25, 0.3) is 6.08 Å². The first-order valence-corrected chi connectivity index (χ1v) is 8.39. The molecular weight excluding hydrogens is 336 g/mol. The zero-order valence-corrected chi connectivity index (χ0v) is 15.5. The Kier molecular flexibility index (Phi) is 7.04. The number of hydrogen-bond acceptors (Lipinski definition) is 3. The zero-order chi connectivity index (χ0) is 18.2. The molecule has 1 atom stereocenters. The van der Waals surface area contributed by atoms with E-state index in [2.05, 4.69) is 10.2 Å². The maximum Gasteiger partial charge on any atom is 0.244 e. The van der Waals surface area contributed by atoms with Gasteiger partial charge in [0.2, 0.25) is 5.91 Å². The van der Waals surface area contributed by atoms with Gasteiger partial charge in [0.15, 0.2) is 0 Å². The van der Waals surface area contributed by atoms with Crippen LogP contribution in [0.5, 0.6) is 5.75 Å². The van der Waals surface area contributed by atoms with E-state index in [-0.39, 0.29) is 11.9 Å². The fourth-order valence-corrected chi connectivity index (χ4v) is 2.66. The van der Waals surface area contributed by atoms with Crippen LogP contribution in [0.3, 0.4) is 0 Å². The standard InChI is InChI=1S/C20H23ClN2O2/c1-23(2)19(16-8-10-18(25-3)11-9-16)14-22-20(24)12-7-15-5-4-6-17(21)13-15/h4-13,19H,14H2,1-3H3,(H,22,24)/b12-7+. The predicted octanol–water partition coefficient (Wildman–Crippen LogP) is 3.78. The fourth-order valence-electron chi connectivity index (χ4n) is 2.46. The van der Waals surface area contributed by atoms with E-state index >= 15 is 0 Å². The van der Waals surface area contributed by atoms with Crippen molar-refractivity contribution in [3.8, 4) is 5.75 Å². The molecule has 1 unspecified atom stereocenters. The summed E-state index contributed by atoms with van der Waals surface area (Å²) < 4.78 is 5.19. The molecule has 132 valence electrons. The van der Waals surface area contributed by atoms with Crippen LogP contribution in [0.4, 0.5) is 0 Å². The molecule has 0 saturated carbocycles. The smallest absolute Gasteiger partial charge is 0.244 e. The third-order valence-electron chi connectivity index (χ3n) is 3.87. The lowest BCUT2D eigenvalue weighted by atomic mass is 10.1. The average molecular weight is 359 g/mol. The second-order valence-corrected chi connectivity index (χ2v) is 6.32. The highest BCUT2D eigenvalue weighted by Crippen LogP contribution is 2.20. The van der Waals surface area contributed by atoms with Gasteiger partial charge in [-0.1, -0.05) is 35.9 Å². The minimum Gasteiger partial charge on any atom is -0.497 e. The molecular formula is C20H23ClN2O2. The monoisotopic (exact) mass is 358 g/mol. The number of carbonyl (C=O) groups excluding carboxylic acids is 1. The third kappa shape index (κ3) is 5.93. The number of nitrogens with one attached hydrogen (secondary N) is 1. The van der Waals surface area contributed by atoms with Crippen LogP contribution in [0.15, 0.2) is 54.6 Å². The Labute approximate surface area is 154 Å². The Morgan fingerprint density at radius 3 is 2.56 bits per heavy atom. The van der Waals surface area contributed by atoms with E-state index in [1.807, 2.05) is 56.6 Å². The molecule has 0 spiro atoms. The number of amides is 1. The number of nitrogens with zero attached hydrogens (tertiary/aromatic N) is 1. The number of carbonyl (C=O) groups is 1. The van der Waals surface area contributed by atoms with Gasteiger partial charge in [-0.3, -0.25) is 4.79 Å². The van der Waals surface area contributed by atoms with E-state index in [9.17, 15) is 4.79 Å². The van der Waals surface area contributed by atoms with E-state index in [1.165, 1.54) is 6.08 Å². The molecule has 1 N–H and O–H groups in total. The van der Waals surface area contributed by atoms with Gasteiger partial charge < -0.3 is 15.0 Å². The molecule has 2 aromatic rings. The van der Waals surface area contributed by atoms with Crippen molar-refractivity contribution in [3.63, 3.8) is 0 Å². The zero-order valence-electron chi connectivity index (χ0n) is 14.7. The van der Waals surface area contributed by atoms with Crippen molar-refractivity contribution >= 4 is 23.6 Å². The number of benzene rings is 2. The topological polar surface area (TPSA) is 41.6 Å². The molecule has 0 aliphatic rings. The fraction of sp³-hybridized carbons (Fsp3) is 0.250. The summed E-state index contributed by atoms with van der Waals surface area (Å²) >= 11 is 5.94. The largest absolute Gasteiger partial charge is 0.497 e. The molecule has 0 aromatic heterocycles. The maximum absolute atomic E-state index is 12.1. The van der Waals surface area contributed by atoms with E-state index < -0.39 is 0 Å². The van der Waals surface area contributed by atoms with E-state index in [0.29, 0.717) is 11.6 Å². The van der Waals surface area contributed by atoms with Crippen molar-refractivity contribution in [2.24, 2.45) is 0 Å². The van der Waals surface area contributed by atoms with Gasteiger partial charge in [0.1, 0.15) is 5.75 Å². The van der Waals surface area contributed by atoms with Gasteiger partial charge in [-0.2, -0.15) is 0 Å². The molecule has 2 aromatic carbocycles. The Morgan fingerprint density at radius 1 is 1.24 bits per heavy atom. The minimum absolute atomic E-state index is 0.0782. The molecule has 0 aliphatic carbocycles. The first-order chi connectivity index (χ1) is 12.0. The van der Waals surface area contributed by atoms with Gasteiger partial charge in [-0.25, -0.2) is 0 Å².